The normalized spacial score (nSPS) is 14.4. The molecule has 0 saturated carbocycles. The molecule has 0 spiro atoms. The van der Waals surface area contributed by atoms with Gasteiger partial charge in [0.1, 0.15) is 12.6 Å². The van der Waals surface area contributed by atoms with E-state index in [4.69, 9.17) is 24.8 Å². The molecule has 58 heavy (non-hydrogen) atoms. The summed E-state index contributed by atoms with van der Waals surface area (Å²) in [7, 11) is -4.73. The molecular formula is C46H78NO10P. The summed E-state index contributed by atoms with van der Waals surface area (Å²) in [5.74, 6) is -2.43. The van der Waals surface area contributed by atoms with Crippen LogP contribution in [0.15, 0.2) is 72.9 Å². The maximum atomic E-state index is 12.6. The Labute approximate surface area is 350 Å². The molecule has 332 valence electrons. The Hall–Kier alpha value is -3.08. The lowest BCUT2D eigenvalue weighted by Crippen LogP contribution is -2.34. The van der Waals surface area contributed by atoms with Crippen molar-refractivity contribution in [2.45, 2.75) is 180 Å². The first-order chi connectivity index (χ1) is 28.1. The van der Waals surface area contributed by atoms with Crippen molar-refractivity contribution in [1.29, 1.82) is 0 Å². The number of ether oxygens (including phenoxy) is 2. The maximum absolute atomic E-state index is 12.6. The topological polar surface area (TPSA) is 172 Å². The number of carbonyl (C=O) groups excluding carboxylic acids is 2. The van der Waals surface area contributed by atoms with Crippen molar-refractivity contribution in [2.24, 2.45) is 5.73 Å². The number of esters is 2. The van der Waals surface area contributed by atoms with Crippen LogP contribution in [0.2, 0.25) is 0 Å². The SMILES string of the molecule is CC/C=C\C/C=C\C/C=C\C/C=C\CCCCCCC(=O)OC[C@H](COP(=O)(O)OC[C@H](N)C(=O)O)OC(=O)CCCCCCCCC/C=C\C/C=C\CCCCC. The molecule has 0 aromatic rings. The van der Waals surface area contributed by atoms with Crippen LogP contribution >= 0.6 is 7.82 Å². The Morgan fingerprint density at radius 3 is 1.45 bits per heavy atom. The van der Waals surface area contributed by atoms with Gasteiger partial charge in [-0.2, -0.15) is 0 Å². The average Bonchev–Trinajstić information content (AvgIpc) is 3.20. The van der Waals surface area contributed by atoms with E-state index in [2.05, 4.69) is 91.3 Å². The number of hydrogen-bond acceptors (Lipinski definition) is 9. The second kappa shape index (κ2) is 40.7. The van der Waals surface area contributed by atoms with Crippen molar-refractivity contribution in [3.8, 4) is 0 Å². The molecule has 0 aromatic carbocycles. The van der Waals surface area contributed by atoms with Gasteiger partial charge in [0.05, 0.1) is 13.2 Å². The first kappa shape index (κ1) is 54.9. The number of aliphatic carboxylic acids is 1. The van der Waals surface area contributed by atoms with Gasteiger partial charge in [0.2, 0.25) is 0 Å². The van der Waals surface area contributed by atoms with E-state index in [1.807, 2.05) is 0 Å². The number of hydrogen-bond donors (Lipinski definition) is 3. The second-order valence-electron chi connectivity index (χ2n) is 14.4. The molecule has 1 unspecified atom stereocenters. The van der Waals surface area contributed by atoms with Gasteiger partial charge < -0.3 is 25.2 Å². The molecule has 0 radical (unpaired) electrons. The highest BCUT2D eigenvalue weighted by molar-refractivity contribution is 7.47. The molecule has 4 N–H and O–H groups in total. The summed E-state index contributed by atoms with van der Waals surface area (Å²) in [6.45, 7) is 2.62. The monoisotopic (exact) mass is 836 g/mol. The number of carboxylic acids is 1. The fourth-order valence-corrected chi connectivity index (χ4v) is 6.27. The van der Waals surface area contributed by atoms with Crippen LogP contribution in [-0.2, 0) is 37.5 Å². The Morgan fingerprint density at radius 1 is 0.552 bits per heavy atom. The van der Waals surface area contributed by atoms with Gasteiger partial charge in [-0.25, -0.2) is 4.57 Å². The number of allylic oxidation sites excluding steroid dienone is 12. The number of nitrogens with two attached hydrogens (primary N) is 1. The number of carboxylic acid groups (broad SMARTS) is 1. The fraction of sp³-hybridized carbons (Fsp3) is 0.674. The van der Waals surface area contributed by atoms with E-state index in [1.54, 1.807) is 0 Å². The molecule has 0 heterocycles. The molecule has 0 rings (SSSR count). The molecule has 0 amide bonds. The highest BCUT2D eigenvalue weighted by atomic mass is 31.2. The van der Waals surface area contributed by atoms with Crippen molar-refractivity contribution in [3.63, 3.8) is 0 Å². The van der Waals surface area contributed by atoms with Crippen LogP contribution < -0.4 is 5.73 Å². The van der Waals surface area contributed by atoms with Crippen LogP contribution in [0.25, 0.3) is 0 Å². The van der Waals surface area contributed by atoms with Gasteiger partial charge in [0, 0.05) is 12.8 Å². The van der Waals surface area contributed by atoms with E-state index >= 15 is 0 Å². The first-order valence-electron chi connectivity index (χ1n) is 22.0. The summed E-state index contributed by atoms with van der Waals surface area (Å²) in [6, 6.07) is -1.53. The quantitative estimate of drug-likeness (QED) is 0.0232. The van der Waals surface area contributed by atoms with E-state index in [0.717, 1.165) is 89.9 Å². The summed E-state index contributed by atoms with van der Waals surface area (Å²) in [6.07, 6.45) is 48.1. The zero-order valence-electron chi connectivity index (χ0n) is 35.9. The zero-order chi connectivity index (χ0) is 42.8. The molecule has 12 heteroatoms. The van der Waals surface area contributed by atoms with E-state index in [0.29, 0.717) is 12.8 Å². The second-order valence-corrected chi connectivity index (χ2v) is 15.9. The molecule has 0 aliphatic rings. The first-order valence-corrected chi connectivity index (χ1v) is 23.5. The van der Waals surface area contributed by atoms with Gasteiger partial charge in [-0.15, -0.1) is 0 Å². The zero-order valence-corrected chi connectivity index (χ0v) is 36.8. The van der Waals surface area contributed by atoms with Crippen LogP contribution in [0.4, 0.5) is 0 Å². The summed E-state index contributed by atoms with van der Waals surface area (Å²) in [4.78, 5) is 46.0. The van der Waals surface area contributed by atoms with Gasteiger partial charge in [0.25, 0.3) is 0 Å². The van der Waals surface area contributed by atoms with Gasteiger partial charge in [-0.1, -0.05) is 145 Å². The van der Waals surface area contributed by atoms with Crippen molar-refractivity contribution < 1.29 is 47.5 Å². The Morgan fingerprint density at radius 2 is 0.966 bits per heavy atom. The van der Waals surface area contributed by atoms with Gasteiger partial charge in [0.15, 0.2) is 6.10 Å². The molecule has 0 aliphatic heterocycles. The van der Waals surface area contributed by atoms with Crippen LogP contribution in [0, 0.1) is 0 Å². The standard InChI is InChI=1S/C46H78NO10P/c1-3-5-7-9-11-13-15-17-19-21-23-25-27-29-31-33-35-37-44(48)54-39-42(40-55-58(52,53)56-41-43(47)46(50)51)57-45(49)38-36-34-32-30-28-26-24-22-20-18-16-14-12-10-8-6-4-2/h5,7,11-14,17-20,23,25,42-43H,3-4,6,8-10,15-16,21-22,24,26-41,47H2,1-2H3,(H,50,51)(H,52,53)/b7-5-,13-11-,14-12-,19-17-,20-18-,25-23-/t42-,43+/m1/s1. The predicted octanol–water partition coefficient (Wildman–Crippen LogP) is 11.7. The van der Waals surface area contributed by atoms with Gasteiger partial charge >= 0.3 is 25.7 Å². The molecule has 0 aromatic heterocycles. The number of unbranched alkanes of at least 4 members (excludes halogenated alkanes) is 14. The summed E-state index contributed by atoms with van der Waals surface area (Å²) < 4.78 is 32.7. The minimum Gasteiger partial charge on any atom is -0.480 e. The summed E-state index contributed by atoms with van der Waals surface area (Å²) in [5.41, 5.74) is 5.33. The van der Waals surface area contributed by atoms with Crippen molar-refractivity contribution in [2.75, 3.05) is 19.8 Å². The smallest absolute Gasteiger partial charge is 0.472 e. The summed E-state index contributed by atoms with van der Waals surface area (Å²) in [5, 5.41) is 8.89. The number of phosphoric acid groups is 1. The van der Waals surface area contributed by atoms with E-state index < -0.39 is 51.1 Å². The Bertz CT molecular complexity index is 1260. The van der Waals surface area contributed by atoms with E-state index in [1.165, 1.54) is 38.5 Å². The Balaban J connectivity index is 4.43. The lowest BCUT2D eigenvalue weighted by Gasteiger charge is -2.20. The van der Waals surface area contributed by atoms with Crippen LogP contribution in [0.5, 0.6) is 0 Å². The van der Waals surface area contributed by atoms with Gasteiger partial charge in [-0.05, 0) is 83.5 Å². The number of carbonyl (C=O) groups is 3. The van der Waals surface area contributed by atoms with Gasteiger partial charge in [-0.3, -0.25) is 23.4 Å². The van der Waals surface area contributed by atoms with Crippen LogP contribution in [0.3, 0.4) is 0 Å². The van der Waals surface area contributed by atoms with Crippen LogP contribution in [-0.4, -0.2) is 59.9 Å². The lowest BCUT2D eigenvalue weighted by atomic mass is 10.1. The predicted molar refractivity (Wildman–Crippen MR) is 235 cm³/mol. The van der Waals surface area contributed by atoms with Crippen molar-refractivity contribution in [1.82, 2.24) is 0 Å². The summed E-state index contributed by atoms with van der Waals surface area (Å²) >= 11 is 0. The minimum absolute atomic E-state index is 0.143. The molecule has 3 atom stereocenters. The maximum Gasteiger partial charge on any atom is 0.472 e. The molecular weight excluding hydrogens is 757 g/mol. The highest BCUT2D eigenvalue weighted by Gasteiger charge is 2.28. The van der Waals surface area contributed by atoms with E-state index in [-0.39, 0.29) is 19.4 Å². The molecule has 11 nitrogen and oxygen atoms in total. The third-order valence-electron chi connectivity index (χ3n) is 8.94. The Kier molecular flexibility index (Phi) is 38.5. The van der Waals surface area contributed by atoms with E-state index in [9.17, 15) is 23.8 Å². The van der Waals surface area contributed by atoms with Crippen LogP contribution in [0.1, 0.15) is 168 Å². The number of rotatable bonds is 40. The third-order valence-corrected chi connectivity index (χ3v) is 9.89. The molecule has 0 aliphatic carbocycles. The number of phosphoric ester groups is 1. The minimum atomic E-state index is -4.73. The highest BCUT2D eigenvalue weighted by Crippen LogP contribution is 2.43. The fourth-order valence-electron chi connectivity index (χ4n) is 5.50. The third kappa shape index (κ3) is 39.7. The lowest BCUT2D eigenvalue weighted by molar-refractivity contribution is -0.161. The molecule has 0 fully saturated rings. The largest absolute Gasteiger partial charge is 0.480 e. The van der Waals surface area contributed by atoms with Crippen molar-refractivity contribution in [3.05, 3.63) is 72.9 Å². The van der Waals surface area contributed by atoms with Crippen molar-refractivity contribution >= 4 is 25.7 Å². The average molecular weight is 836 g/mol. The molecule has 0 bridgehead atoms. The molecule has 0 saturated heterocycles.